The van der Waals surface area contributed by atoms with Gasteiger partial charge in [-0.3, -0.25) is 9.69 Å². The van der Waals surface area contributed by atoms with Gasteiger partial charge in [0.2, 0.25) is 5.91 Å². The van der Waals surface area contributed by atoms with E-state index in [0.29, 0.717) is 39.0 Å². The minimum atomic E-state index is -4.22. The zero-order valence-electron chi connectivity index (χ0n) is 14.0. The van der Waals surface area contributed by atoms with Crippen molar-refractivity contribution in [3.8, 4) is 0 Å². The normalized spacial score (nSPS) is 28.2. The largest absolute Gasteiger partial charge is 0.393 e. The number of nitrogens with zero attached hydrogens (tertiary/aromatic N) is 1. The van der Waals surface area contributed by atoms with Crippen LogP contribution in [0.1, 0.15) is 30.4 Å². The molecule has 1 aromatic carbocycles. The van der Waals surface area contributed by atoms with Gasteiger partial charge in [-0.15, -0.1) is 0 Å². The first-order valence-electron chi connectivity index (χ1n) is 8.62. The highest BCUT2D eigenvalue weighted by molar-refractivity contribution is 5.84. The third-order valence-electron chi connectivity index (χ3n) is 5.20. The number of aliphatic hydroxyl groups is 1. The van der Waals surface area contributed by atoms with Crippen LogP contribution in [-0.4, -0.2) is 47.8 Å². The number of nitrogens with one attached hydrogen (secondary N) is 1. The lowest BCUT2D eigenvalue weighted by atomic mass is 9.71. The lowest BCUT2D eigenvalue weighted by molar-refractivity contribution is -0.149. The molecule has 4 nitrogen and oxygen atoms in total. The van der Waals surface area contributed by atoms with Crippen molar-refractivity contribution in [2.45, 2.75) is 44.5 Å². The summed E-state index contributed by atoms with van der Waals surface area (Å²) in [4.78, 5) is 14.4. The van der Waals surface area contributed by atoms with Crippen LogP contribution in [0.2, 0.25) is 0 Å². The van der Waals surface area contributed by atoms with Gasteiger partial charge < -0.3 is 10.4 Å². The molecule has 0 saturated carbocycles. The van der Waals surface area contributed by atoms with Gasteiger partial charge in [0.05, 0.1) is 17.9 Å². The molecule has 2 saturated heterocycles. The number of rotatable bonds is 3. The lowest BCUT2D eigenvalue weighted by Crippen LogP contribution is -2.61. The molecule has 0 radical (unpaired) electrons. The SMILES string of the molecule is O=C1NCCC[C@]12CN(Cc1cccc(CC(F)(F)F)c1)CC[C@@H]2O. The number of likely N-dealkylation sites (tertiary alicyclic amines) is 1. The van der Waals surface area contributed by atoms with Crippen molar-refractivity contribution in [1.29, 1.82) is 0 Å². The van der Waals surface area contributed by atoms with Crippen molar-refractivity contribution in [2.75, 3.05) is 19.6 Å². The number of piperidine rings is 2. The lowest BCUT2D eigenvalue weighted by Gasteiger charge is -2.47. The van der Waals surface area contributed by atoms with E-state index in [2.05, 4.69) is 10.2 Å². The second-order valence-electron chi connectivity index (χ2n) is 7.14. The van der Waals surface area contributed by atoms with Gasteiger partial charge in [-0.1, -0.05) is 24.3 Å². The highest BCUT2D eigenvalue weighted by Crippen LogP contribution is 2.37. The summed E-state index contributed by atoms with van der Waals surface area (Å²) in [6, 6.07) is 6.50. The number of benzene rings is 1. The summed E-state index contributed by atoms with van der Waals surface area (Å²) >= 11 is 0. The minimum absolute atomic E-state index is 0.109. The van der Waals surface area contributed by atoms with E-state index >= 15 is 0 Å². The maximum absolute atomic E-state index is 12.6. The standard InChI is InChI=1S/C18H23F3N2O2/c19-18(20,21)10-13-3-1-4-14(9-13)11-23-8-5-15(24)17(12-23)6-2-7-22-16(17)25/h1,3-4,9,15,24H,2,5-8,10-12H2,(H,22,25)/t15-,17+/m0/s1. The van der Waals surface area contributed by atoms with Crippen LogP contribution in [0.5, 0.6) is 0 Å². The fraction of sp³-hybridized carbons (Fsp3) is 0.611. The molecule has 3 rings (SSSR count). The fourth-order valence-corrected chi connectivity index (χ4v) is 3.99. The van der Waals surface area contributed by atoms with Crippen LogP contribution in [0, 0.1) is 5.41 Å². The van der Waals surface area contributed by atoms with Gasteiger partial charge in [0.25, 0.3) is 0 Å². The Morgan fingerprint density at radius 2 is 2.08 bits per heavy atom. The van der Waals surface area contributed by atoms with Crippen LogP contribution in [0.15, 0.2) is 24.3 Å². The van der Waals surface area contributed by atoms with E-state index in [1.165, 1.54) is 6.07 Å². The molecule has 0 unspecified atom stereocenters. The zero-order chi connectivity index (χ0) is 18.1. The molecular formula is C18H23F3N2O2. The van der Waals surface area contributed by atoms with E-state index < -0.39 is 24.1 Å². The third kappa shape index (κ3) is 4.15. The van der Waals surface area contributed by atoms with Crippen molar-refractivity contribution < 1.29 is 23.1 Å². The molecule has 2 heterocycles. The first-order chi connectivity index (χ1) is 11.8. The zero-order valence-corrected chi connectivity index (χ0v) is 14.0. The Hall–Kier alpha value is -1.60. The van der Waals surface area contributed by atoms with Gasteiger partial charge in [0.15, 0.2) is 0 Å². The topological polar surface area (TPSA) is 52.6 Å². The average molecular weight is 356 g/mol. The van der Waals surface area contributed by atoms with E-state index in [1.54, 1.807) is 18.2 Å². The smallest absolute Gasteiger partial charge is 0.392 e. The van der Waals surface area contributed by atoms with Crippen LogP contribution < -0.4 is 5.32 Å². The van der Waals surface area contributed by atoms with Crippen LogP contribution in [0.25, 0.3) is 0 Å². The Morgan fingerprint density at radius 3 is 2.80 bits per heavy atom. The van der Waals surface area contributed by atoms with Crippen LogP contribution in [0.3, 0.4) is 0 Å². The van der Waals surface area contributed by atoms with Gasteiger partial charge in [0, 0.05) is 26.2 Å². The first-order valence-corrected chi connectivity index (χ1v) is 8.62. The maximum atomic E-state index is 12.6. The first kappa shape index (κ1) is 18.2. The molecule has 0 aromatic heterocycles. The number of carbonyl (C=O) groups is 1. The second kappa shape index (κ2) is 6.96. The average Bonchev–Trinajstić information content (AvgIpc) is 2.52. The number of amides is 1. The number of hydrogen-bond acceptors (Lipinski definition) is 3. The number of aliphatic hydroxyl groups excluding tert-OH is 1. The van der Waals surface area contributed by atoms with E-state index in [0.717, 1.165) is 12.0 Å². The monoisotopic (exact) mass is 356 g/mol. The van der Waals surface area contributed by atoms with Gasteiger partial charge in [0.1, 0.15) is 0 Å². The van der Waals surface area contributed by atoms with Crippen molar-refractivity contribution in [1.82, 2.24) is 10.2 Å². The fourth-order valence-electron chi connectivity index (χ4n) is 3.99. The summed E-state index contributed by atoms with van der Waals surface area (Å²) in [6.45, 7) is 2.17. The summed E-state index contributed by atoms with van der Waals surface area (Å²) in [5.41, 5.74) is 0.247. The molecule has 25 heavy (non-hydrogen) atoms. The number of alkyl halides is 3. The number of carbonyl (C=O) groups excluding carboxylic acids is 1. The molecule has 0 bridgehead atoms. The molecule has 2 aliphatic heterocycles. The maximum Gasteiger partial charge on any atom is 0.393 e. The number of hydrogen-bond donors (Lipinski definition) is 2. The molecule has 2 atom stereocenters. The van der Waals surface area contributed by atoms with Gasteiger partial charge in [-0.05, 0) is 30.4 Å². The number of halogens is 3. The molecule has 1 aromatic rings. The molecule has 1 spiro atoms. The van der Waals surface area contributed by atoms with E-state index in [1.807, 2.05) is 0 Å². The van der Waals surface area contributed by atoms with Crippen molar-refractivity contribution >= 4 is 5.91 Å². The molecule has 2 fully saturated rings. The van der Waals surface area contributed by atoms with E-state index in [4.69, 9.17) is 0 Å². The Kier molecular flexibility index (Phi) is 5.06. The molecule has 0 aliphatic carbocycles. The molecule has 7 heteroatoms. The molecule has 138 valence electrons. The minimum Gasteiger partial charge on any atom is -0.392 e. The van der Waals surface area contributed by atoms with Gasteiger partial charge >= 0.3 is 6.18 Å². The van der Waals surface area contributed by atoms with Crippen molar-refractivity contribution in [3.63, 3.8) is 0 Å². The quantitative estimate of drug-likeness (QED) is 0.874. The van der Waals surface area contributed by atoms with Crippen LogP contribution in [-0.2, 0) is 17.8 Å². The van der Waals surface area contributed by atoms with Crippen molar-refractivity contribution in [3.05, 3.63) is 35.4 Å². The summed E-state index contributed by atoms with van der Waals surface area (Å²) in [6.07, 6.45) is -3.86. The second-order valence-corrected chi connectivity index (χ2v) is 7.14. The highest BCUT2D eigenvalue weighted by Gasteiger charge is 2.49. The highest BCUT2D eigenvalue weighted by atomic mass is 19.4. The van der Waals surface area contributed by atoms with Gasteiger partial charge in [-0.2, -0.15) is 13.2 Å². The van der Waals surface area contributed by atoms with Crippen LogP contribution in [0.4, 0.5) is 13.2 Å². The van der Waals surface area contributed by atoms with Gasteiger partial charge in [-0.25, -0.2) is 0 Å². The molecule has 2 N–H and O–H groups in total. The summed E-state index contributed by atoms with van der Waals surface area (Å²) in [7, 11) is 0. The van der Waals surface area contributed by atoms with Crippen molar-refractivity contribution in [2.24, 2.45) is 5.41 Å². The Balaban J connectivity index is 1.71. The summed E-state index contributed by atoms with van der Waals surface area (Å²) < 4.78 is 37.7. The summed E-state index contributed by atoms with van der Waals surface area (Å²) in [5.74, 6) is -0.109. The Labute approximate surface area is 145 Å². The van der Waals surface area contributed by atoms with E-state index in [9.17, 15) is 23.1 Å². The molecule has 2 aliphatic rings. The predicted molar refractivity (Wildman–Crippen MR) is 86.8 cm³/mol. The Bertz CT molecular complexity index is 635. The molecule has 1 amide bonds. The summed E-state index contributed by atoms with van der Waals surface area (Å²) in [5, 5.41) is 13.2. The van der Waals surface area contributed by atoms with Crippen LogP contribution >= 0.6 is 0 Å². The third-order valence-corrected chi connectivity index (χ3v) is 5.20. The predicted octanol–water partition coefficient (Wildman–Crippen LogP) is 2.25. The van der Waals surface area contributed by atoms with E-state index in [-0.39, 0.29) is 11.5 Å². The molecular weight excluding hydrogens is 333 g/mol. The Morgan fingerprint density at radius 1 is 1.32 bits per heavy atom.